The predicted octanol–water partition coefficient (Wildman–Crippen LogP) is 2.60. The van der Waals surface area contributed by atoms with Gasteiger partial charge in [-0.25, -0.2) is 8.78 Å². The molecule has 0 aliphatic heterocycles. The number of amides is 2. The van der Waals surface area contributed by atoms with Crippen LogP contribution in [-0.4, -0.2) is 30.7 Å². The molecule has 1 fully saturated rings. The summed E-state index contributed by atoms with van der Waals surface area (Å²) in [6.45, 7) is 1.79. The van der Waals surface area contributed by atoms with Crippen molar-refractivity contribution in [1.82, 2.24) is 5.32 Å². The highest BCUT2D eigenvalue weighted by Crippen LogP contribution is 2.23. The van der Waals surface area contributed by atoms with E-state index < -0.39 is 17.5 Å². The molecule has 6 nitrogen and oxygen atoms in total. The Balaban J connectivity index is 1.71. The molecule has 2 N–H and O–H groups in total. The third kappa shape index (κ3) is 6.13. The highest BCUT2D eigenvalue weighted by Gasteiger charge is 2.22. The molecule has 0 heterocycles. The fraction of sp³-hybridized carbons (Fsp3) is 0.471. The zero-order chi connectivity index (χ0) is 18.2. The Bertz CT molecular complexity index is 652. The van der Waals surface area contributed by atoms with E-state index in [9.17, 15) is 18.4 Å². The van der Waals surface area contributed by atoms with Gasteiger partial charge < -0.3 is 15.5 Å². The van der Waals surface area contributed by atoms with Crippen LogP contribution in [0.2, 0.25) is 0 Å². The third-order valence-corrected chi connectivity index (χ3v) is 4.09. The molecule has 2 rings (SSSR count). The van der Waals surface area contributed by atoms with Crippen LogP contribution in [0.5, 0.6) is 0 Å². The minimum Gasteiger partial charge on any atom is -0.386 e. The van der Waals surface area contributed by atoms with E-state index in [1.54, 1.807) is 0 Å². The van der Waals surface area contributed by atoms with E-state index >= 15 is 0 Å². The number of carbonyl (C=O) groups is 2. The Morgan fingerprint density at radius 2 is 2.08 bits per heavy atom. The lowest BCUT2D eigenvalue weighted by atomic mass is 9.86. The average Bonchev–Trinajstić information content (AvgIpc) is 2.56. The Labute approximate surface area is 144 Å². The van der Waals surface area contributed by atoms with Gasteiger partial charge in [-0.2, -0.15) is 0 Å². The van der Waals surface area contributed by atoms with E-state index in [0.29, 0.717) is 12.0 Å². The summed E-state index contributed by atoms with van der Waals surface area (Å²) in [5.74, 6) is -2.28. The van der Waals surface area contributed by atoms with Gasteiger partial charge in [0.25, 0.3) is 11.8 Å². The Hall–Kier alpha value is -2.51. The van der Waals surface area contributed by atoms with Crippen LogP contribution in [0.1, 0.15) is 32.6 Å². The van der Waals surface area contributed by atoms with Crippen LogP contribution in [0.3, 0.4) is 0 Å². The van der Waals surface area contributed by atoms with Crippen molar-refractivity contribution in [2.45, 2.75) is 38.6 Å². The Morgan fingerprint density at radius 3 is 2.80 bits per heavy atom. The number of nitrogens with one attached hydrogen (secondary N) is 2. The van der Waals surface area contributed by atoms with Crippen molar-refractivity contribution >= 4 is 23.7 Å². The van der Waals surface area contributed by atoms with Crippen LogP contribution in [0, 0.1) is 17.6 Å². The molecule has 136 valence electrons. The molecule has 1 aromatic carbocycles. The maximum atomic E-state index is 13.4. The fourth-order valence-electron chi connectivity index (χ4n) is 2.72. The summed E-state index contributed by atoms with van der Waals surface area (Å²) in [6, 6.07) is 2.90. The van der Waals surface area contributed by atoms with Gasteiger partial charge in [-0.1, -0.05) is 24.9 Å². The van der Waals surface area contributed by atoms with Gasteiger partial charge in [-0.05, 0) is 30.9 Å². The number of benzene rings is 1. The van der Waals surface area contributed by atoms with Crippen LogP contribution >= 0.6 is 0 Å². The molecule has 8 heteroatoms. The number of rotatable bonds is 6. The molecule has 1 saturated carbocycles. The van der Waals surface area contributed by atoms with Crippen LogP contribution < -0.4 is 10.6 Å². The first-order valence-electron chi connectivity index (χ1n) is 8.16. The molecule has 0 radical (unpaired) electrons. The molecule has 1 aliphatic carbocycles. The van der Waals surface area contributed by atoms with E-state index in [1.165, 1.54) is 6.42 Å². The molecule has 2 atom stereocenters. The summed E-state index contributed by atoms with van der Waals surface area (Å²) in [4.78, 5) is 28.1. The maximum Gasteiger partial charge on any atom is 0.270 e. The van der Waals surface area contributed by atoms with E-state index in [0.717, 1.165) is 37.6 Å². The van der Waals surface area contributed by atoms with Gasteiger partial charge in [0, 0.05) is 12.1 Å². The van der Waals surface area contributed by atoms with Crippen molar-refractivity contribution in [3.8, 4) is 0 Å². The van der Waals surface area contributed by atoms with Gasteiger partial charge in [0.1, 0.15) is 17.8 Å². The molecule has 0 spiro atoms. The molecule has 0 bridgehead atoms. The topological polar surface area (TPSA) is 79.8 Å². The number of halogens is 2. The quantitative estimate of drug-likeness (QED) is 0.609. The van der Waals surface area contributed by atoms with Crippen molar-refractivity contribution in [3.05, 3.63) is 29.8 Å². The highest BCUT2D eigenvalue weighted by molar-refractivity contribution is 6.31. The van der Waals surface area contributed by atoms with Crippen LogP contribution in [0.15, 0.2) is 23.4 Å². The maximum absolute atomic E-state index is 13.4. The lowest BCUT2D eigenvalue weighted by molar-refractivity contribution is -0.127. The summed E-state index contributed by atoms with van der Waals surface area (Å²) < 4.78 is 26.1. The second-order valence-electron chi connectivity index (χ2n) is 6.06. The molecular formula is C17H21F2N3O3. The Kier molecular flexibility index (Phi) is 6.85. The first-order valence-corrected chi connectivity index (χ1v) is 8.16. The number of hydrogen-bond donors (Lipinski definition) is 2. The molecule has 2 amide bonds. The lowest BCUT2D eigenvalue weighted by Crippen LogP contribution is -2.42. The predicted molar refractivity (Wildman–Crippen MR) is 89.0 cm³/mol. The average molecular weight is 353 g/mol. The van der Waals surface area contributed by atoms with E-state index in [1.807, 2.05) is 0 Å². The molecule has 2 unspecified atom stereocenters. The van der Waals surface area contributed by atoms with E-state index in [-0.39, 0.29) is 24.2 Å². The second kappa shape index (κ2) is 9.10. The minimum atomic E-state index is -0.899. The van der Waals surface area contributed by atoms with Gasteiger partial charge in [-0.15, -0.1) is 0 Å². The summed E-state index contributed by atoms with van der Waals surface area (Å²) in [5, 5.41) is 8.44. The lowest BCUT2D eigenvalue weighted by Gasteiger charge is -2.29. The monoisotopic (exact) mass is 353 g/mol. The van der Waals surface area contributed by atoms with E-state index in [2.05, 4.69) is 22.7 Å². The smallest absolute Gasteiger partial charge is 0.270 e. The van der Waals surface area contributed by atoms with Crippen LogP contribution in [0.25, 0.3) is 0 Å². The van der Waals surface area contributed by atoms with Gasteiger partial charge >= 0.3 is 0 Å². The molecule has 1 aromatic rings. The first-order chi connectivity index (χ1) is 12.0. The zero-order valence-corrected chi connectivity index (χ0v) is 13.9. The molecule has 0 saturated heterocycles. The minimum absolute atomic E-state index is 0.138. The molecule has 1 aliphatic rings. The number of hydrogen-bond acceptors (Lipinski definition) is 4. The van der Waals surface area contributed by atoms with Crippen LogP contribution in [0.4, 0.5) is 14.5 Å². The van der Waals surface area contributed by atoms with E-state index in [4.69, 9.17) is 4.84 Å². The third-order valence-electron chi connectivity index (χ3n) is 4.09. The van der Waals surface area contributed by atoms with Gasteiger partial charge in [-0.3, -0.25) is 9.59 Å². The first kappa shape index (κ1) is 18.8. The normalized spacial score (nSPS) is 20.3. The summed E-state index contributed by atoms with van der Waals surface area (Å²) >= 11 is 0. The number of anilines is 1. The van der Waals surface area contributed by atoms with Crippen molar-refractivity contribution in [2.24, 2.45) is 11.1 Å². The van der Waals surface area contributed by atoms with Gasteiger partial charge in [0.15, 0.2) is 6.61 Å². The molecular weight excluding hydrogens is 332 g/mol. The number of carbonyl (C=O) groups excluding carboxylic acids is 2. The number of oxime groups is 1. The SMILES string of the molecule is CC1CCCCC1NC(=O)CO/N=C/C(=O)Nc1ccc(F)cc1F. The largest absolute Gasteiger partial charge is 0.386 e. The second-order valence-corrected chi connectivity index (χ2v) is 6.06. The Morgan fingerprint density at radius 1 is 1.32 bits per heavy atom. The van der Waals surface area contributed by atoms with Crippen molar-refractivity contribution in [2.75, 3.05) is 11.9 Å². The zero-order valence-electron chi connectivity index (χ0n) is 13.9. The van der Waals surface area contributed by atoms with Crippen molar-refractivity contribution in [3.63, 3.8) is 0 Å². The van der Waals surface area contributed by atoms with Crippen LogP contribution in [-0.2, 0) is 14.4 Å². The molecule has 25 heavy (non-hydrogen) atoms. The van der Waals surface area contributed by atoms with Crippen molar-refractivity contribution < 1.29 is 23.2 Å². The summed E-state index contributed by atoms with van der Waals surface area (Å²) in [6.07, 6.45) is 5.08. The van der Waals surface area contributed by atoms with Gasteiger partial charge in [0.05, 0.1) is 5.69 Å². The van der Waals surface area contributed by atoms with Gasteiger partial charge in [0.2, 0.25) is 0 Å². The molecule has 0 aromatic heterocycles. The summed E-state index contributed by atoms with van der Waals surface area (Å²) in [7, 11) is 0. The highest BCUT2D eigenvalue weighted by atomic mass is 19.1. The fourth-order valence-corrected chi connectivity index (χ4v) is 2.72. The standard InChI is InChI=1S/C17H21F2N3O3/c1-11-4-2-3-5-14(11)21-17(24)10-25-20-9-16(23)22-15-7-6-12(18)8-13(15)19/h6-9,11,14H,2-5,10H2,1H3,(H,21,24)(H,22,23)/b20-9+. The summed E-state index contributed by atoms with van der Waals surface area (Å²) in [5.41, 5.74) is -0.179. The number of nitrogens with zero attached hydrogens (tertiary/aromatic N) is 1. The van der Waals surface area contributed by atoms with Crippen molar-refractivity contribution in [1.29, 1.82) is 0 Å².